The topological polar surface area (TPSA) is 43.4 Å². The highest BCUT2D eigenvalue weighted by Gasteiger charge is 2.51. The molecule has 0 aromatic heterocycles. The molecule has 1 fully saturated rings. The Morgan fingerprint density at radius 1 is 1.38 bits per heavy atom. The molecule has 2 atom stereocenters. The molecule has 70 valence electrons. The fourth-order valence-electron chi connectivity index (χ4n) is 2.22. The minimum atomic E-state index is -0.357. The number of cyclic esters (lactones) is 2. The van der Waals surface area contributed by atoms with Gasteiger partial charge in [0.25, 0.3) is 0 Å². The molecule has 0 bridgehead atoms. The predicted molar refractivity (Wildman–Crippen MR) is 45.6 cm³/mol. The van der Waals surface area contributed by atoms with Crippen molar-refractivity contribution in [2.45, 2.75) is 20.3 Å². The molecular weight excluding hydrogens is 168 g/mol. The third-order valence-electron chi connectivity index (χ3n) is 2.90. The molecule has 0 aromatic rings. The molecule has 0 aromatic carbocycles. The summed E-state index contributed by atoms with van der Waals surface area (Å²) in [6.45, 7) is 3.92. The molecule has 0 amide bonds. The van der Waals surface area contributed by atoms with Gasteiger partial charge in [-0.05, 0) is 11.8 Å². The van der Waals surface area contributed by atoms with Gasteiger partial charge in [-0.25, -0.2) is 0 Å². The Labute approximate surface area is 76.8 Å². The van der Waals surface area contributed by atoms with Gasteiger partial charge in [0, 0.05) is 0 Å². The van der Waals surface area contributed by atoms with Gasteiger partial charge in [0.1, 0.15) is 0 Å². The van der Waals surface area contributed by atoms with Crippen LogP contribution in [0.2, 0.25) is 0 Å². The van der Waals surface area contributed by atoms with E-state index >= 15 is 0 Å². The number of esters is 2. The van der Waals surface area contributed by atoms with Crippen molar-refractivity contribution in [2.24, 2.45) is 17.3 Å². The van der Waals surface area contributed by atoms with E-state index in [1.165, 1.54) is 0 Å². The first kappa shape index (κ1) is 8.48. The monoisotopic (exact) mass is 180 g/mol. The van der Waals surface area contributed by atoms with Crippen molar-refractivity contribution in [2.75, 3.05) is 0 Å². The summed E-state index contributed by atoms with van der Waals surface area (Å²) in [7, 11) is 0. The first-order valence-corrected chi connectivity index (χ1v) is 4.45. The summed E-state index contributed by atoms with van der Waals surface area (Å²) in [4.78, 5) is 22.6. The third-order valence-corrected chi connectivity index (χ3v) is 2.90. The van der Waals surface area contributed by atoms with Crippen LogP contribution in [0.1, 0.15) is 20.3 Å². The van der Waals surface area contributed by atoms with E-state index in [4.69, 9.17) is 0 Å². The predicted octanol–water partition coefficient (Wildman–Crippen LogP) is 1.29. The smallest absolute Gasteiger partial charge is 0.318 e. The van der Waals surface area contributed by atoms with E-state index in [0.717, 1.165) is 0 Å². The second-order valence-corrected chi connectivity index (χ2v) is 4.28. The van der Waals surface area contributed by atoms with Crippen LogP contribution in [0.4, 0.5) is 0 Å². The summed E-state index contributed by atoms with van der Waals surface area (Å²) < 4.78 is 4.63. The Morgan fingerprint density at radius 2 is 2.08 bits per heavy atom. The summed E-state index contributed by atoms with van der Waals surface area (Å²) in [5.41, 5.74) is -0.244. The van der Waals surface area contributed by atoms with E-state index < -0.39 is 0 Å². The maximum atomic E-state index is 11.4. The zero-order chi connectivity index (χ0) is 9.64. The van der Waals surface area contributed by atoms with Crippen molar-refractivity contribution in [3.63, 3.8) is 0 Å². The molecule has 0 N–H and O–H groups in total. The normalized spacial score (nSPS) is 35.8. The molecule has 1 saturated heterocycles. The number of rotatable bonds is 0. The molecule has 1 aliphatic carbocycles. The Morgan fingerprint density at radius 3 is 2.69 bits per heavy atom. The number of carbonyl (C=O) groups excluding carboxylic acids is 2. The molecule has 0 radical (unpaired) electrons. The molecule has 1 aliphatic heterocycles. The maximum absolute atomic E-state index is 11.4. The lowest BCUT2D eigenvalue weighted by Crippen LogP contribution is -2.34. The fraction of sp³-hybridized carbons (Fsp3) is 0.600. The van der Waals surface area contributed by atoms with Crippen molar-refractivity contribution in [3.8, 4) is 0 Å². The van der Waals surface area contributed by atoms with E-state index in [1.807, 2.05) is 26.0 Å². The largest absolute Gasteiger partial charge is 0.393 e. The highest BCUT2D eigenvalue weighted by Crippen LogP contribution is 2.44. The van der Waals surface area contributed by atoms with Gasteiger partial charge in [-0.3, -0.25) is 9.59 Å². The molecule has 13 heavy (non-hydrogen) atoms. The van der Waals surface area contributed by atoms with Crippen LogP contribution in [-0.4, -0.2) is 11.9 Å². The lowest BCUT2D eigenvalue weighted by atomic mass is 9.68. The minimum absolute atomic E-state index is 0.243. The second-order valence-electron chi connectivity index (χ2n) is 4.28. The van der Waals surface area contributed by atoms with Crippen LogP contribution in [0, 0.1) is 17.3 Å². The number of ether oxygens (including phenoxy) is 1. The molecule has 2 unspecified atom stereocenters. The molecule has 3 heteroatoms. The summed E-state index contributed by atoms with van der Waals surface area (Å²) in [5, 5.41) is 0. The van der Waals surface area contributed by atoms with Gasteiger partial charge in [-0.15, -0.1) is 0 Å². The van der Waals surface area contributed by atoms with Crippen LogP contribution in [0.3, 0.4) is 0 Å². The van der Waals surface area contributed by atoms with Gasteiger partial charge >= 0.3 is 11.9 Å². The van der Waals surface area contributed by atoms with Crippen molar-refractivity contribution < 1.29 is 14.3 Å². The summed E-state index contributed by atoms with van der Waals surface area (Å²) in [5.74, 6) is -1.23. The van der Waals surface area contributed by atoms with Crippen LogP contribution < -0.4 is 0 Å². The summed E-state index contributed by atoms with van der Waals surface area (Å²) >= 11 is 0. The fourth-order valence-corrected chi connectivity index (χ4v) is 2.22. The van der Waals surface area contributed by atoms with Crippen molar-refractivity contribution in [1.29, 1.82) is 0 Å². The van der Waals surface area contributed by atoms with Crippen molar-refractivity contribution >= 4 is 11.9 Å². The first-order valence-electron chi connectivity index (χ1n) is 4.45. The third kappa shape index (κ3) is 1.10. The summed E-state index contributed by atoms with van der Waals surface area (Å²) in [6.07, 6.45) is 4.59. The lowest BCUT2D eigenvalue weighted by molar-refractivity contribution is -0.154. The van der Waals surface area contributed by atoms with Crippen LogP contribution in [0.15, 0.2) is 12.2 Å². The van der Waals surface area contributed by atoms with Gasteiger partial charge in [-0.2, -0.15) is 0 Å². The Hall–Kier alpha value is -1.12. The zero-order valence-corrected chi connectivity index (χ0v) is 7.74. The van der Waals surface area contributed by atoms with Crippen LogP contribution in [0.25, 0.3) is 0 Å². The number of hydrogen-bond donors (Lipinski definition) is 0. The van der Waals surface area contributed by atoms with E-state index in [0.29, 0.717) is 6.42 Å². The van der Waals surface area contributed by atoms with Crippen LogP contribution >= 0.6 is 0 Å². The highest BCUT2D eigenvalue weighted by molar-refractivity contribution is 5.97. The number of hydrogen-bond acceptors (Lipinski definition) is 3. The highest BCUT2D eigenvalue weighted by atomic mass is 16.6. The van der Waals surface area contributed by atoms with E-state index in [9.17, 15) is 9.59 Å². The van der Waals surface area contributed by atoms with Crippen LogP contribution in [0.5, 0.6) is 0 Å². The van der Waals surface area contributed by atoms with Gasteiger partial charge in [0.15, 0.2) is 0 Å². The van der Waals surface area contributed by atoms with E-state index in [2.05, 4.69) is 4.74 Å². The lowest BCUT2D eigenvalue weighted by Gasteiger charge is -2.31. The van der Waals surface area contributed by atoms with Crippen molar-refractivity contribution in [3.05, 3.63) is 12.2 Å². The van der Waals surface area contributed by atoms with Gasteiger partial charge < -0.3 is 4.74 Å². The number of carbonyl (C=O) groups is 2. The maximum Gasteiger partial charge on any atom is 0.318 e. The van der Waals surface area contributed by atoms with Crippen molar-refractivity contribution in [1.82, 2.24) is 0 Å². The molecule has 0 saturated carbocycles. The molecule has 0 spiro atoms. The first-order chi connectivity index (χ1) is 6.02. The molecule has 2 rings (SSSR count). The Balaban J connectivity index is 2.41. The number of fused-ring (bicyclic) bond motifs is 1. The average Bonchev–Trinajstić information content (AvgIpc) is 2.27. The minimum Gasteiger partial charge on any atom is -0.393 e. The van der Waals surface area contributed by atoms with Gasteiger partial charge in [0.05, 0.1) is 11.8 Å². The summed E-state index contributed by atoms with van der Waals surface area (Å²) in [6, 6.07) is 0. The zero-order valence-electron chi connectivity index (χ0n) is 7.74. The molecular formula is C10H12O3. The Kier molecular flexibility index (Phi) is 1.59. The SMILES string of the molecule is CC1(C)C=CCC2C(=O)OC(=O)C21. The molecule has 3 nitrogen and oxygen atoms in total. The van der Waals surface area contributed by atoms with Gasteiger partial charge in [0.2, 0.25) is 0 Å². The quantitative estimate of drug-likeness (QED) is 0.320. The molecule has 2 aliphatic rings. The van der Waals surface area contributed by atoms with Crippen LogP contribution in [-0.2, 0) is 14.3 Å². The standard InChI is InChI=1S/C10H12O3/c1-10(2)5-3-4-6-7(10)9(12)13-8(6)11/h3,5-7H,4H2,1-2H3. The van der Waals surface area contributed by atoms with Gasteiger partial charge in [-0.1, -0.05) is 26.0 Å². The number of allylic oxidation sites excluding steroid dienone is 2. The second kappa shape index (κ2) is 2.44. The molecule has 1 heterocycles. The average molecular weight is 180 g/mol. The Bertz CT molecular complexity index is 301. The van der Waals surface area contributed by atoms with E-state index in [-0.39, 0.29) is 29.2 Å². The van der Waals surface area contributed by atoms with E-state index in [1.54, 1.807) is 0 Å².